The molecule has 1 aromatic carbocycles. The first-order valence-electron chi connectivity index (χ1n) is 9.40. The Hall–Kier alpha value is -1.57. The fourth-order valence-electron chi connectivity index (χ4n) is 3.32. The number of aryl methyl sites for hydroxylation is 1. The van der Waals surface area contributed by atoms with E-state index < -0.39 is 0 Å². The topological polar surface area (TPSA) is 22.0 Å². The number of unbranched alkanes of at least 4 members (excludes halogenated alkanes) is 9. The predicted octanol–water partition coefficient (Wildman–Crippen LogP) is 6.37. The highest BCUT2D eigenvalue weighted by Gasteiger charge is 2.06. The lowest BCUT2D eigenvalue weighted by Gasteiger charge is -2.05. The highest BCUT2D eigenvalue weighted by atomic mass is 16.1. The van der Waals surface area contributed by atoms with Crippen LogP contribution in [0.1, 0.15) is 81.5 Å². The highest BCUT2D eigenvalue weighted by molar-refractivity contribution is 5.97. The number of aldehydes is 1. The van der Waals surface area contributed by atoms with Crippen LogP contribution in [-0.2, 0) is 6.54 Å². The Morgan fingerprint density at radius 3 is 2.13 bits per heavy atom. The first kappa shape index (κ1) is 17.8. The lowest BCUT2D eigenvalue weighted by atomic mass is 10.1. The van der Waals surface area contributed by atoms with Gasteiger partial charge in [-0.1, -0.05) is 82.9 Å². The molecular weight excluding hydrogens is 282 g/mol. The second kappa shape index (κ2) is 10.3. The van der Waals surface area contributed by atoms with Crippen molar-refractivity contribution < 1.29 is 4.79 Å². The van der Waals surface area contributed by atoms with Crippen LogP contribution in [0.15, 0.2) is 30.5 Å². The van der Waals surface area contributed by atoms with E-state index in [2.05, 4.69) is 17.6 Å². The molecule has 0 aliphatic carbocycles. The zero-order valence-corrected chi connectivity index (χ0v) is 14.6. The summed E-state index contributed by atoms with van der Waals surface area (Å²) in [6.07, 6.45) is 16.5. The Morgan fingerprint density at radius 1 is 0.870 bits per heavy atom. The van der Waals surface area contributed by atoms with Crippen molar-refractivity contribution in [1.82, 2.24) is 4.57 Å². The van der Waals surface area contributed by atoms with Crippen LogP contribution >= 0.6 is 0 Å². The number of hydrogen-bond donors (Lipinski definition) is 0. The average Bonchev–Trinajstić information content (AvgIpc) is 2.95. The van der Waals surface area contributed by atoms with E-state index in [1.807, 2.05) is 24.4 Å². The van der Waals surface area contributed by atoms with Gasteiger partial charge in [-0.05, 0) is 12.5 Å². The largest absolute Gasteiger partial charge is 0.347 e. The fraction of sp³-hybridized carbons (Fsp3) is 0.571. The maximum atomic E-state index is 11.2. The van der Waals surface area contributed by atoms with Gasteiger partial charge in [-0.25, -0.2) is 0 Å². The predicted molar refractivity (Wildman–Crippen MR) is 99.2 cm³/mol. The minimum Gasteiger partial charge on any atom is -0.347 e. The summed E-state index contributed by atoms with van der Waals surface area (Å²) in [4.78, 5) is 11.2. The van der Waals surface area contributed by atoms with Gasteiger partial charge in [0.25, 0.3) is 0 Å². The van der Waals surface area contributed by atoms with E-state index in [0.717, 1.165) is 23.8 Å². The average molecular weight is 313 g/mol. The SMILES string of the molecule is CCCCCCCCCCCCn1cc(C=O)c2ccccc21. The van der Waals surface area contributed by atoms with E-state index in [-0.39, 0.29) is 0 Å². The molecule has 23 heavy (non-hydrogen) atoms. The second-order valence-electron chi connectivity index (χ2n) is 6.59. The molecule has 0 spiro atoms. The molecular formula is C21H31NO. The Balaban J connectivity index is 1.64. The zero-order chi connectivity index (χ0) is 16.3. The molecule has 0 atom stereocenters. The first-order chi connectivity index (χ1) is 11.4. The van der Waals surface area contributed by atoms with Crippen molar-refractivity contribution in [3.05, 3.63) is 36.0 Å². The lowest BCUT2D eigenvalue weighted by molar-refractivity contribution is 0.112. The number of rotatable bonds is 12. The minimum absolute atomic E-state index is 0.813. The Morgan fingerprint density at radius 2 is 1.48 bits per heavy atom. The molecule has 0 radical (unpaired) electrons. The van der Waals surface area contributed by atoms with Gasteiger partial charge in [0.15, 0.2) is 6.29 Å². The highest BCUT2D eigenvalue weighted by Crippen LogP contribution is 2.20. The summed E-state index contributed by atoms with van der Waals surface area (Å²) in [5.41, 5.74) is 2.00. The van der Waals surface area contributed by atoms with Crippen molar-refractivity contribution >= 4 is 17.2 Å². The van der Waals surface area contributed by atoms with Crippen LogP contribution in [0.5, 0.6) is 0 Å². The fourth-order valence-corrected chi connectivity index (χ4v) is 3.32. The zero-order valence-electron chi connectivity index (χ0n) is 14.6. The summed E-state index contributed by atoms with van der Waals surface area (Å²) in [6, 6.07) is 8.19. The van der Waals surface area contributed by atoms with Crippen LogP contribution in [-0.4, -0.2) is 10.9 Å². The van der Waals surface area contributed by atoms with Gasteiger partial charge in [0.1, 0.15) is 0 Å². The molecule has 2 aromatic rings. The molecule has 0 fully saturated rings. The van der Waals surface area contributed by atoms with Crippen LogP contribution in [0.4, 0.5) is 0 Å². The number of para-hydroxylation sites is 1. The molecule has 0 saturated carbocycles. The van der Waals surface area contributed by atoms with Crippen molar-refractivity contribution in [1.29, 1.82) is 0 Å². The molecule has 2 rings (SSSR count). The second-order valence-corrected chi connectivity index (χ2v) is 6.59. The van der Waals surface area contributed by atoms with E-state index in [4.69, 9.17) is 0 Å². The van der Waals surface area contributed by atoms with Gasteiger partial charge >= 0.3 is 0 Å². The van der Waals surface area contributed by atoms with Crippen LogP contribution in [0, 0.1) is 0 Å². The van der Waals surface area contributed by atoms with Gasteiger partial charge in [-0.15, -0.1) is 0 Å². The summed E-state index contributed by atoms with van der Waals surface area (Å²) in [6.45, 7) is 3.29. The number of carbonyl (C=O) groups is 1. The minimum atomic E-state index is 0.813. The molecule has 0 bridgehead atoms. The van der Waals surface area contributed by atoms with Crippen LogP contribution < -0.4 is 0 Å². The number of aromatic nitrogens is 1. The Bertz CT molecular complexity index is 585. The molecule has 0 saturated heterocycles. The summed E-state index contributed by atoms with van der Waals surface area (Å²) in [7, 11) is 0. The molecule has 0 aliphatic rings. The van der Waals surface area contributed by atoms with Crippen molar-refractivity contribution in [2.75, 3.05) is 0 Å². The van der Waals surface area contributed by atoms with Gasteiger partial charge in [-0.3, -0.25) is 4.79 Å². The Labute approximate surface area is 140 Å². The summed E-state index contributed by atoms with van der Waals surface area (Å²) in [5.74, 6) is 0. The smallest absolute Gasteiger partial charge is 0.152 e. The third-order valence-corrected chi connectivity index (χ3v) is 4.70. The summed E-state index contributed by atoms with van der Waals surface area (Å²) >= 11 is 0. The van der Waals surface area contributed by atoms with Gasteiger partial charge in [0.2, 0.25) is 0 Å². The number of fused-ring (bicyclic) bond motifs is 1. The van der Waals surface area contributed by atoms with Gasteiger partial charge in [0.05, 0.1) is 0 Å². The molecule has 2 nitrogen and oxygen atoms in total. The van der Waals surface area contributed by atoms with Crippen molar-refractivity contribution in [3.8, 4) is 0 Å². The number of nitrogens with zero attached hydrogens (tertiary/aromatic N) is 1. The van der Waals surface area contributed by atoms with Gasteiger partial charge in [0, 0.05) is 29.2 Å². The van der Waals surface area contributed by atoms with Gasteiger partial charge in [-0.2, -0.15) is 0 Å². The third-order valence-electron chi connectivity index (χ3n) is 4.70. The molecule has 2 heteroatoms. The normalized spacial score (nSPS) is 11.2. The van der Waals surface area contributed by atoms with Crippen molar-refractivity contribution in [2.45, 2.75) is 77.7 Å². The molecule has 0 N–H and O–H groups in total. The quantitative estimate of drug-likeness (QED) is 0.329. The number of benzene rings is 1. The van der Waals surface area contributed by atoms with E-state index >= 15 is 0 Å². The number of carbonyl (C=O) groups excluding carboxylic acids is 1. The molecule has 1 heterocycles. The van der Waals surface area contributed by atoms with Crippen molar-refractivity contribution in [3.63, 3.8) is 0 Å². The molecule has 1 aromatic heterocycles. The molecule has 0 amide bonds. The first-order valence-corrected chi connectivity index (χ1v) is 9.40. The standard InChI is InChI=1S/C21H31NO/c1-2-3-4-5-6-7-8-9-10-13-16-22-17-19(18-23)20-14-11-12-15-21(20)22/h11-12,14-15,17-18H,2-10,13,16H2,1H3. The monoisotopic (exact) mass is 313 g/mol. The summed E-state index contributed by atoms with van der Waals surface area (Å²) in [5, 5.41) is 1.08. The van der Waals surface area contributed by atoms with Crippen LogP contribution in [0.3, 0.4) is 0 Å². The van der Waals surface area contributed by atoms with Crippen molar-refractivity contribution in [2.24, 2.45) is 0 Å². The van der Waals surface area contributed by atoms with Crippen LogP contribution in [0.2, 0.25) is 0 Å². The number of hydrogen-bond acceptors (Lipinski definition) is 1. The van der Waals surface area contributed by atoms with E-state index in [1.165, 1.54) is 69.7 Å². The maximum Gasteiger partial charge on any atom is 0.152 e. The van der Waals surface area contributed by atoms with E-state index in [9.17, 15) is 4.79 Å². The van der Waals surface area contributed by atoms with E-state index in [1.54, 1.807) is 0 Å². The molecule has 126 valence electrons. The van der Waals surface area contributed by atoms with Gasteiger partial charge < -0.3 is 4.57 Å². The Kier molecular flexibility index (Phi) is 7.92. The molecule has 0 aliphatic heterocycles. The van der Waals surface area contributed by atoms with Crippen LogP contribution in [0.25, 0.3) is 10.9 Å². The lowest BCUT2D eigenvalue weighted by Crippen LogP contribution is -1.96. The van der Waals surface area contributed by atoms with E-state index in [0.29, 0.717) is 0 Å². The summed E-state index contributed by atoms with van der Waals surface area (Å²) < 4.78 is 2.24. The molecule has 0 unspecified atom stereocenters. The third kappa shape index (κ3) is 5.53. The maximum absolute atomic E-state index is 11.2.